The summed E-state index contributed by atoms with van der Waals surface area (Å²) in [6.45, 7) is 0. The maximum atomic E-state index is 12.8. The van der Waals surface area contributed by atoms with Gasteiger partial charge in [-0.2, -0.15) is 0 Å². The molecule has 0 atom stereocenters. The van der Waals surface area contributed by atoms with Gasteiger partial charge in [0, 0.05) is 18.0 Å². The van der Waals surface area contributed by atoms with E-state index in [4.69, 9.17) is 9.47 Å². The zero-order chi connectivity index (χ0) is 19.3. The standard InChI is InChI=1S/C19H19N3O4S/c1-25-17-11-10-15(13-18(17)26-2)27(23,24)22-16-9-6-12-20-19(16)21-14-7-4-3-5-8-14/h3-13,22H,1-2H3,(H,20,21). The van der Waals surface area contributed by atoms with Gasteiger partial charge in [0.05, 0.1) is 24.8 Å². The summed E-state index contributed by atoms with van der Waals surface area (Å²) in [5.74, 6) is 1.17. The van der Waals surface area contributed by atoms with Gasteiger partial charge < -0.3 is 14.8 Å². The highest BCUT2D eigenvalue weighted by Gasteiger charge is 2.19. The van der Waals surface area contributed by atoms with Crippen molar-refractivity contribution in [2.45, 2.75) is 4.90 Å². The first kappa shape index (κ1) is 18.5. The van der Waals surface area contributed by atoms with E-state index in [-0.39, 0.29) is 4.90 Å². The fraction of sp³-hybridized carbons (Fsp3) is 0.105. The van der Waals surface area contributed by atoms with Crippen LogP contribution in [0, 0.1) is 0 Å². The predicted molar refractivity (Wildman–Crippen MR) is 104 cm³/mol. The second kappa shape index (κ2) is 7.96. The van der Waals surface area contributed by atoms with Crippen LogP contribution in [-0.4, -0.2) is 27.6 Å². The average molecular weight is 385 g/mol. The van der Waals surface area contributed by atoms with Crippen molar-refractivity contribution in [3.63, 3.8) is 0 Å². The van der Waals surface area contributed by atoms with E-state index in [1.165, 1.54) is 26.4 Å². The summed E-state index contributed by atoms with van der Waals surface area (Å²) in [5.41, 5.74) is 1.12. The molecule has 140 valence electrons. The zero-order valence-corrected chi connectivity index (χ0v) is 15.7. The number of rotatable bonds is 7. The Hall–Kier alpha value is -3.26. The largest absolute Gasteiger partial charge is 0.493 e. The quantitative estimate of drug-likeness (QED) is 0.645. The Morgan fingerprint density at radius 2 is 1.63 bits per heavy atom. The number of nitrogens with zero attached hydrogens (tertiary/aromatic N) is 1. The minimum Gasteiger partial charge on any atom is -0.493 e. The van der Waals surface area contributed by atoms with Crippen LogP contribution in [0.1, 0.15) is 0 Å². The second-order valence-electron chi connectivity index (χ2n) is 5.51. The number of aromatic nitrogens is 1. The highest BCUT2D eigenvalue weighted by molar-refractivity contribution is 7.92. The van der Waals surface area contributed by atoms with Crippen LogP contribution < -0.4 is 19.5 Å². The number of hydrogen-bond acceptors (Lipinski definition) is 6. The summed E-state index contributed by atoms with van der Waals surface area (Å²) in [5, 5.41) is 3.10. The van der Waals surface area contributed by atoms with Crippen molar-refractivity contribution >= 4 is 27.2 Å². The molecule has 0 aliphatic carbocycles. The van der Waals surface area contributed by atoms with E-state index in [0.29, 0.717) is 23.0 Å². The van der Waals surface area contributed by atoms with E-state index in [9.17, 15) is 8.42 Å². The number of para-hydroxylation sites is 1. The SMILES string of the molecule is COc1ccc(S(=O)(=O)Nc2cccnc2Nc2ccccc2)cc1OC. The Labute approximate surface area is 158 Å². The van der Waals surface area contributed by atoms with Gasteiger partial charge in [-0.25, -0.2) is 13.4 Å². The number of methoxy groups -OCH3 is 2. The monoisotopic (exact) mass is 385 g/mol. The molecule has 1 heterocycles. The molecule has 0 aliphatic heterocycles. The lowest BCUT2D eigenvalue weighted by molar-refractivity contribution is 0.354. The van der Waals surface area contributed by atoms with Crippen LogP contribution in [0.2, 0.25) is 0 Å². The molecular formula is C19H19N3O4S. The Morgan fingerprint density at radius 1 is 0.889 bits per heavy atom. The molecule has 0 bridgehead atoms. The van der Waals surface area contributed by atoms with Crippen molar-refractivity contribution < 1.29 is 17.9 Å². The summed E-state index contributed by atoms with van der Waals surface area (Å²) < 4.78 is 38.5. The zero-order valence-electron chi connectivity index (χ0n) is 14.8. The molecule has 0 radical (unpaired) electrons. The first-order valence-electron chi connectivity index (χ1n) is 8.05. The van der Waals surface area contributed by atoms with E-state index < -0.39 is 10.0 Å². The molecule has 0 aliphatic rings. The first-order valence-corrected chi connectivity index (χ1v) is 9.54. The Balaban J connectivity index is 1.90. The highest BCUT2D eigenvalue weighted by atomic mass is 32.2. The van der Waals surface area contributed by atoms with Crippen LogP contribution in [0.4, 0.5) is 17.2 Å². The maximum absolute atomic E-state index is 12.8. The molecule has 1 aromatic heterocycles. The number of benzene rings is 2. The van der Waals surface area contributed by atoms with E-state index in [1.807, 2.05) is 30.3 Å². The molecule has 3 rings (SSSR count). The summed E-state index contributed by atoms with van der Waals surface area (Å²) in [6, 6.07) is 17.1. The van der Waals surface area contributed by atoms with E-state index in [1.54, 1.807) is 24.4 Å². The Morgan fingerprint density at radius 3 is 2.33 bits per heavy atom. The van der Waals surface area contributed by atoms with Crippen LogP contribution in [0.15, 0.2) is 71.8 Å². The first-order chi connectivity index (χ1) is 13.0. The van der Waals surface area contributed by atoms with Gasteiger partial charge in [-0.1, -0.05) is 18.2 Å². The molecule has 7 nitrogen and oxygen atoms in total. The van der Waals surface area contributed by atoms with Gasteiger partial charge in [-0.3, -0.25) is 4.72 Å². The number of hydrogen-bond donors (Lipinski definition) is 2. The average Bonchev–Trinajstić information content (AvgIpc) is 2.69. The Kier molecular flexibility index (Phi) is 5.46. The number of ether oxygens (including phenoxy) is 2. The van der Waals surface area contributed by atoms with Crippen molar-refractivity contribution in [1.29, 1.82) is 0 Å². The van der Waals surface area contributed by atoms with E-state index in [0.717, 1.165) is 5.69 Å². The Bertz CT molecular complexity index is 1020. The van der Waals surface area contributed by atoms with E-state index >= 15 is 0 Å². The van der Waals surface area contributed by atoms with Crippen molar-refractivity contribution in [2.75, 3.05) is 24.3 Å². The fourth-order valence-electron chi connectivity index (χ4n) is 2.43. The van der Waals surface area contributed by atoms with Crippen LogP contribution in [0.25, 0.3) is 0 Å². The summed E-state index contributed by atoms with van der Waals surface area (Å²) >= 11 is 0. The summed E-state index contributed by atoms with van der Waals surface area (Å²) in [4.78, 5) is 4.28. The molecule has 3 aromatic rings. The molecule has 27 heavy (non-hydrogen) atoms. The fourth-order valence-corrected chi connectivity index (χ4v) is 3.51. The molecule has 0 spiro atoms. The van der Waals surface area contributed by atoms with Gasteiger partial charge in [0.25, 0.3) is 10.0 Å². The normalized spacial score (nSPS) is 10.9. The third kappa shape index (κ3) is 4.29. The van der Waals surface area contributed by atoms with Gasteiger partial charge in [0.1, 0.15) is 0 Å². The molecular weight excluding hydrogens is 366 g/mol. The van der Waals surface area contributed by atoms with Crippen LogP contribution >= 0.6 is 0 Å². The van der Waals surface area contributed by atoms with Crippen molar-refractivity contribution in [2.24, 2.45) is 0 Å². The summed E-state index contributed by atoms with van der Waals surface area (Å²) in [7, 11) is -0.915. The molecule has 0 saturated heterocycles. The number of pyridine rings is 1. The van der Waals surface area contributed by atoms with Crippen molar-refractivity contribution in [3.05, 3.63) is 66.9 Å². The predicted octanol–water partition coefficient (Wildman–Crippen LogP) is 3.64. The van der Waals surface area contributed by atoms with Gasteiger partial charge in [-0.05, 0) is 36.4 Å². The lowest BCUT2D eigenvalue weighted by atomic mass is 10.3. The molecule has 8 heteroatoms. The van der Waals surface area contributed by atoms with E-state index in [2.05, 4.69) is 15.0 Å². The van der Waals surface area contributed by atoms with Gasteiger partial charge >= 0.3 is 0 Å². The lowest BCUT2D eigenvalue weighted by Gasteiger charge is -2.14. The van der Waals surface area contributed by atoms with Crippen molar-refractivity contribution in [1.82, 2.24) is 4.98 Å². The van der Waals surface area contributed by atoms with Crippen LogP contribution in [-0.2, 0) is 10.0 Å². The van der Waals surface area contributed by atoms with Gasteiger partial charge in [0.15, 0.2) is 17.3 Å². The minimum absolute atomic E-state index is 0.0506. The third-order valence-corrected chi connectivity index (χ3v) is 5.12. The molecule has 0 fully saturated rings. The third-order valence-electron chi connectivity index (χ3n) is 3.75. The van der Waals surface area contributed by atoms with Crippen LogP contribution in [0.5, 0.6) is 11.5 Å². The lowest BCUT2D eigenvalue weighted by Crippen LogP contribution is -2.14. The molecule has 0 unspecified atom stereocenters. The molecule has 2 aromatic carbocycles. The van der Waals surface area contributed by atoms with Crippen LogP contribution in [0.3, 0.4) is 0 Å². The highest BCUT2D eigenvalue weighted by Crippen LogP contribution is 2.31. The molecule has 0 saturated carbocycles. The second-order valence-corrected chi connectivity index (χ2v) is 7.20. The smallest absolute Gasteiger partial charge is 0.262 e. The summed E-state index contributed by atoms with van der Waals surface area (Å²) in [6.07, 6.45) is 1.58. The number of anilines is 3. The maximum Gasteiger partial charge on any atom is 0.262 e. The minimum atomic E-state index is -3.85. The molecule has 0 amide bonds. The topological polar surface area (TPSA) is 89.6 Å². The number of nitrogens with one attached hydrogen (secondary N) is 2. The van der Waals surface area contributed by atoms with Gasteiger partial charge in [0.2, 0.25) is 0 Å². The van der Waals surface area contributed by atoms with Crippen molar-refractivity contribution in [3.8, 4) is 11.5 Å². The molecule has 2 N–H and O–H groups in total. The number of sulfonamides is 1. The van der Waals surface area contributed by atoms with Gasteiger partial charge in [-0.15, -0.1) is 0 Å².